The van der Waals surface area contributed by atoms with Crippen LogP contribution in [0.25, 0.3) is 0 Å². The summed E-state index contributed by atoms with van der Waals surface area (Å²) < 4.78 is 33.5. The minimum absolute atomic E-state index is 0.0658. The SMILES string of the molecule is C#Cc1cn([C@@H]2O[C@H]([C@@H](C)O)[C@@H](O)C2(F)F)c(=O)nc1N. The Balaban J connectivity index is 2.52. The smallest absolute Gasteiger partial charge is 0.351 e. The van der Waals surface area contributed by atoms with E-state index in [-0.39, 0.29) is 11.4 Å². The number of nitrogen functional groups attached to an aromatic ring is 1. The summed E-state index contributed by atoms with van der Waals surface area (Å²) in [5.74, 6) is -1.98. The first-order valence-corrected chi connectivity index (χ1v) is 5.94. The van der Waals surface area contributed by atoms with E-state index in [4.69, 9.17) is 16.9 Å². The number of alkyl halides is 2. The number of terminal acetylenes is 1. The minimum atomic E-state index is -3.81. The number of aliphatic hydroxyl groups excluding tert-OH is 2. The van der Waals surface area contributed by atoms with Crippen molar-refractivity contribution in [1.82, 2.24) is 9.55 Å². The van der Waals surface area contributed by atoms with E-state index in [1.807, 2.05) is 0 Å². The number of aromatic nitrogens is 2. The number of aliphatic hydroxyl groups is 2. The maximum absolute atomic E-state index is 14.1. The summed E-state index contributed by atoms with van der Waals surface area (Å²) in [6, 6.07) is 0. The normalized spacial score (nSPS) is 29.0. The van der Waals surface area contributed by atoms with Gasteiger partial charge in [-0.15, -0.1) is 6.42 Å². The molecule has 4 N–H and O–H groups in total. The quantitative estimate of drug-likeness (QED) is 0.609. The number of halogens is 2. The third-order valence-electron chi connectivity index (χ3n) is 3.19. The second-order valence-corrected chi connectivity index (χ2v) is 4.69. The third-order valence-corrected chi connectivity index (χ3v) is 3.19. The van der Waals surface area contributed by atoms with Crippen LogP contribution in [0.1, 0.15) is 18.7 Å². The molecule has 0 spiro atoms. The predicted octanol–water partition coefficient (Wildman–Crippen LogP) is -0.919. The maximum atomic E-state index is 14.1. The second kappa shape index (κ2) is 5.07. The molecule has 21 heavy (non-hydrogen) atoms. The van der Waals surface area contributed by atoms with Gasteiger partial charge in [0.1, 0.15) is 11.9 Å². The van der Waals surface area contributed by atoms with Crippen molar-refractivity contribution in [3.63, 3.8) is 0 Å². The standard InChI is InChI=1S/C12H13F2N3O4/c1-3-6-4-17(11(20)16-9(6)15)10-12(13,14)8(19)7(21-10)5(2)18/h1,4-5,7-8,10,18-19H,2H3,(H2,15,16,20)/t5-,7-,8-,10-/m1/s1. The molecule has 114 valence electrons. The Kier molecular flexibility index (Phi) is 3.71. The monoisotopic (exact) mass is 301 g/mol. The molecule has 2 rings (SSSR count). The van der Waals surface area contributed by atoms with Crippen LogP contribution >= 0.6 is 0 Å². The first-order valence-electron chi connectivity index (χ1n) is 5.94. The number of ether oxygens (including phenoxy) is 1. The molecular weight excluding hydrogens is 288 g/mol. The molecule has 0 radical (unpaired) electrons. The van der Waals surface area contributed by atoms with Gasteiger partial charge in [-0.05, 0) is 6.92 Å². The largest absolute Gasteiger partial charge is 0.391 e. The Morgan fingerprint density at radius 3 is 2.76 bits per heavy atom. The van der Waals surface area contributed by atoms with Gasteiger partial charge in [0.05, 0.1) is 11.7 Å². The number of hydrogen-bond acceptors (Lipinski definition) is 6. The van der Waals surface area contributed by atoms with Crippen molar-refractivity contribution in [2.45, 2.75) is 37.4 Å². The molecule has 0 aliphatic carbocycles. The molecule has 1 aliphatic heterocycles. The van der Waals surface area contributed by atoms with Crippen LogP contribution in [0.2, 0.25) is 0 Å². The molecule has 1 aliphatic rings. The Labute approximate surface area is 118 Å². The van der Waals surface area contributed by atoms with E-state index in [1.165, 1.54) is 6.92 Å². The van der Waals surface area contributed by atoms with Crippen molar-refractivity contribution in [3.8, 4) is 12.3 Å². The first-order chi connectivity index (χ1) is 9.70. The van der Waals surface area contributed by atoms with Crippen molar-refractivity contribution < 1.29 is 23.7 Å². The molecule has 0 saturated carbocycles. The summed E-state index contributed by atoms with van der Waals surface area (Å²) in [6.07, 6.45) is -1.29. The summed E-state index contributed by atoms with van der Waals surface area (Å²) in [5.41, 5.74) is 4.22. The Hall–Kier alpha value is -2.02. The highest BCUT2D eigenvalue weighted by molar-refractivity contribution is 5.47. The molecule has 1 aromatic heterocycles. The molecule has 9 heteroatoms. The fourth-order valence-corrected chi connectivity index (χ4v) is 2.07. The van der Waals surface area contributed by atoms with Gasteiger partial charge in [0.15, 0.2) is 6.10 Å². The highest BCUT2D eigenvalue weighted by Gasteiger charge is 2.60. The number of nitrogens with two attached hydrogens (primary N) is 1. The lowest BCUT2D eigenvalue weighted by Gasteiger charge is -2.21. The molecule has 7 nitrogen and oxygen atoms in total. The van der Waals surface area contributed by atoms with E-state index in [9.17, 15) is 23.8 Å². The van der Waals surface area contributed by atoms with E-state index in [0.29, 0.717) is 4.57 Å². The lowest BCUT2D eigenvalue weighted by molar-refractivity contribution is -0.141. The van der Waals surface area contributed by atoms with E-state index in [1.54, 1.807) is 0 Å². The molecule has 0 amide bonds. The number of anilines is 1. The Morgan fingerprint density at radius 1 is 1.67 bits per heavy atom. The zero-order valence-corrected chi connectivity index (χ0v) is 10.9. The van der Waals surface area contributed by atoms with E-state index in [0.717, 1.165) is 6.20 Å². The predicted molar refractivity (Wildman–Crippen MR) is 67.4 cm³/mol. The van der Waals surface area contributed by atoms with Crippen molar-refractivity contribution in [1.29, 1.82) is 0 Å². The summed E-state index contributed by atoms with van der Waals surface area (Å²) in [5, 5.41) is 18.9. The van der Waals surface area contributed by atoms with Crippen molar-refractivity contribution in [3.05, 3.63) is 22.2 Å². The van der Waals surface area contributed by atoms with Gasteiger partial charge in [-0.25, -0.2) is 4.79 Å². The highest BCUT2D eigenvalue weighted by atomic mass is 19.3. The van der Waals surface area contributed by atoms with E-state index < -0.39 is 36.2 Å². The topological polar surface area (TPSA) is 111 Å². The molecule has 1 saturated heterocycles. The van der Waals surface area contributed by atoms with E-state index in [2.05, 4.69) is 10.9 Å². The van der Waals surface area contributed by atoms with Gasteiger partial charge >= 0.3 is 11.6 Å². The lowest BCUT2D eigenvalue weighted by Crippen LogP contribution is -2.43. The number of hydrogen-bond donors (Lipinski definition) is 3. The van der Waals surface area contributed by atoms with Crippen molar-refractivity contribution in [2.75, 3.05) is 5.73 Å². The first kappa shape index (κ1) is 15.4. The molecule has 0 bridgehead atoms. The third kappa shape index (κ3) is 2.37. The van der Waals surface area contributed by atoms with Crippen LogP contribution in [0.15, 0.2) is 11.0 Å². The fraction of sp³-hybridized carbons (Fsp3) is 0.500. The van der Waals surface area contributed by atoms with Gasteiger partial charge < -0.3 is 20.7 Å². The van der Waals surface area contributed by atoms with Crippen LogP contribution in [0, 0.1) is 12.3 Å². The Morgan fingerprint density at radius 2 is 2.29 bits per heavy atom. The molecule has 4 atom stereocenters. The zero-order valence-electron chi connectivity index (χ0n) is 10.9. The van der Waals surface area contributed by atoms with Gasteiger partial charge in [-0.2, -0.15) is 13.8 Å². The van der Waals surface area contributed by atoms with Gasteiger partial charge in [-0.3, -0.25) is 4.57 Å². The zero-order chi connectivity index (χ0) is 15.9. The average Bonchev–Trinajstić information content (AvgIpc) is 2.62. The van der Waals surface area contributed by atoms with Gasteiger partial charge in [0.2, 0.25) is 6.23 Å². The average molecular weight is 301 g/mol. The van der Waals surface area contributed by atoms with Gasteiger partial charge in [0.25, 0.3) is 0 Å². The molecule has 1 aromatic rings. The van der Waals surface area contributed by atoms with Crippen LogP contribution in [0.3, 0.4) is 0 Å². The summed E-state index contributed by atoms with van der Waals surface area (Å²) in [6.45, 7) is 1.18. The highest BCUT2D eigenvalue weighted by Crippen LogP contribution is 2.43. The van der Waals surface area contributed by atoms with Crippen LogP contribution in [0.4, 0.5) is 14.6 Å². The molecular formula is C12H13F2N3O4. The van der Waals surface area contributed by atoms with Crippen LogP contribution < -0.4 is 11.4 Å². The Bertz CT molecular complexity index is 653. The van der Waals surface area contributed by atoms with Gasteiger partial charge in [0, 0.05) is 6.20 Å². The molecule has 1 fully saturated rings. The van der Waals surface area contributed by atoms with Crippen LogP contribution in [-0.4, -0.2) is 44.0 Å². The summed E-state index contributed by atoms with van der Waals surface area (Å²) >= 11 is 0. The van der Waals surface area contributed by atoms with Crippen molar-refractivity contribution >= 4 is 5.82 Å². The van der Waals surface area contributed by atoms with Crippen LogP contribution in [-0.2, 0) is 4.74 Å². The lowest BCUT2D eigenvalue weighted by atomic mass is 10.1. The van der Waals surface area contributed by atoms with Gasteiger partial charge in [-0.1, -0.05) is 5.92 Å². The fourth-order valence-electron chi connectivity index (χ4n) is 2.07. The molecule has 0 unspecified atom stereocenters. The maximum Gasteiger partial charge on any atom is 0.351 e. The number of nitrogens with zero attached hydrogens (tertiary/aromatic N) is 2. The minimum Gasteiger partial charge on any atom is -0.391 e. The second-order valence-electron chi connectivity index (χ2n) is 4.69. The summed E-state index contributed by atoms with van der Waals surface area (Å²) in [4.78, 5) is 15.0. The number of rotatable bonds is 2. The van der Waals surface area contributed by atoms with Crippen LogP contribution in [0.5, 0.6) is 0 Å². The molecule has 2 heterocycles. The van der Waals surface area contributed by atoms with Crippen molar-refractivity contribution in [2.24, 2.45) is 0 Å². The summed E-state index contributed by atoms with van der Waals surface area (Å²) in [7, 11) is 0. The van der Waals surface area contributed by atoms with E-state index >= 15 is 0 Å². The molecule has 0 aromatic carbocycles.